The monoisotopic (exact) mass is 218 g/mol. The van der Waals surface area contributed by atoms with Gasteiger partial charge >= 0.3 is 6.03 Å². The van der Waals surface area contributed by atoms with Crippen LogP contribution in [0.25, 0.3) is 0 Å². The van der Waals surface area contributed by atoms with E-state index >= 15 is 0 Å². The van der Waals surface area contributed by atoms with Crippen LogP contribution in [0.1, 0.15) is 22.3 Å². The SMILES string of the molecule is Cc1ccc2c(c1C)CCNC(=O)NCC2. The molecule has 86 valence electrons. The Kier molecular flexibility index (Phi) is 3.13. The lowest BCUT2D eigenvalue weighted by molar-refractivity contribution is 0.241. The molecule has 1 aliphatic heterocycles. The summed E-state index contributed by atoms with van der Waals surface area (Å²) in [5, 5.41) is 5.71. The third-order valence-corrected chi connectivity index (χ3v) is 3.31. The molecule has 0 spiro atoms. The first-order valence-corrected chi connectivity index (χ1v) is 5.78. The molecule has 2 N–H and O–H groups in total. The van der Waals surface area contributed by atoms with Crippen molar-refractivity contribution in [3.05, 3.63) is 34.4 Å². The van der Waals surface area contributed by atoms with Gasteiger partial charge in [-0.15, -0.1) is 0 Å². The largest absolute Gasteiger partial charge is 0.338 e. The van der Waals surface area contributed by atoms with E-state index in [-0.39, 0.29) is 6.03 Å². The molecule has 1 aromatic carbocycles. The van der Waals surface area contributed by atoms with Crippen molar-refractivity contribution in [3.8, 4) is 0 Å². The molecule has 1 heterocycles. The second kappa shape index (κ2) is 4.56. The standard InChI is InChI=1S/C13H18N2O/c1-9-3-4-11-5-7-14-13(16)15-8-6-12(11)10(9)2/h3-4H,5-8H2,1-2H3,(H2,14,15,16). The van der Waals surface area contributed by atoms with Crippen LogP contribution in [0, 0.1) is 13.8 Å². The van der Waals surface area contributed by atoms with Crippen LogP contribution in [0.3, 0.4) is 0 Å². The molecule has 3 heteroatoms. The number of rotatable bonds is 0. The van der Waals surface area contributed by atoms with Gasteiger partial charge in [0, 0.05) is 13.1 Å². The average molecular weight is 218 g/mol. The van der Waals surface area contributed by atoms with Crippen molar-refractivity contribution in [3.63, 3.8) is 0 Å². The molecular formula is C13H18N2O. The van der Waals surface area contributed by atoms with Gasteiger partial charge in [0.1, 0.15) is 0 Å². The fraction of sp³-hybridized carbons (Fsp3) is 0.462. The highest BCUT2D eigenvalue weighted by molar-refractivity contribution is 5.73. The van der Waals surface area contributed by atoms with Gasteiger partial charge in [0.2, 0.25) is 0 Å². The molecule has 0 atom stereocenters. The van der Waals surface area contributed by atoms with E-state index in [2.05, 4.69) is 36.6 Å². The predicted octanol–water partition coefficient (Wildman–Crippen LogP) is 1.70. The summed E-state index contributed by atoms with van der Waals surface area (Å²) >= 11 is 0. The van der Waals surface area contributed by atoms with Crippen molar-refractivity contribution in [1.29, 1.82) is 0 Å². The van der Waals surface area contributed by atoms with Crippen LogP contribution in [0.4, 0.5) is 4.79 Å². The minimum Gasteiger partial charge on any atom is -0.338 e. The zero-order chi connectivity index (χ0) is 11.5. The second-order valence-corrected chi connectivity index (χ2v) is 4.33. The Bertz CT molecular complexity index is 413. The quantitative estimate of drug-likeness (QED) is 0.683. The Morgan fingerprint density at radius 2 is 1.75 bits per heavy atom. The Morgan fingerprint density at radius 1 is 1.06 bits per heavy atom. The number of fused-ring (bicyclic) bond motifs is 1. The van der Waals surface area contributed by atoms with Gasteiger partial charge in [-0.05, 0) is 48.9 Å². The maximum Gasteiger partial charge on any atom is 0.314 e. The van der Waals surface area contributed by atoms with Gasteiger partial charge in [0.15, 0.2) is 0 Å². The first-order chi connectivity index (χ1) is 7.68. The van der Waals surface area contributed by atoms with Gasteiger partial charge in [0.05, 0.1) is 0 Å². The van der Waals surface area contributed by atoms with Crippen molar-refractivity contribution < 1.29 is 4.79 Å². The number of carbonyl (C=O) groups is 1. The Hall–Kier alpha value is -1.51. The van der Waals surface area contributed by atoms with Crippen LogP contribution >= 0.6 is 0 Å². The van der Waals surface area contributed by atoms with Crippen LogP contribution in [0.15, 0.2) is 12.1 Å². The highest BCUT2D eigenvalue weighted by Gasteiger charge is 2.11. The van der Waals surface area contributed by atoms with E-state index in [1.807, 2.05) is 0 Å². The van der Waals surface area contributed by atoms with E-state index in [9.17, 15) is 4.79 Å². The van der Waals surface area contributed by atoms with Gasteiger partial charge in [-0.2, -0.15) is 0 Å². The lowest BCUT2D eigenvalue weighted by atomic mass is 9.94. The van der Waals surface area contributed by atoms with Crippen LogP contribution < -0.4 is 10.6 Å². The molecule has 2 rings (SSSR count). The van der Waals surface area contributed by atoms with Crippen LogP contribution in [0.5, 0.6) is 0 Å². The van der Waals surface area contributed by atoms with Crippen molar-refractivity contribution >= 4 is 6.03 Å². The first-order valence-electron chi connectivity index (χ1n) is 5.78. The van der Waals surface area contributed by atoms with Gasteiger partial charge in [-0.25, -0.2) is 4.79 Å². The van der Waals surface area contributed by atoms with Gasteiger partial charge < -0.3 is 10.6 Å². The number of aryl methyl sites for hydroxylation is 1. The third kappa shape index (κ3) is 2.18. The maximum atomic E-state index is 11.3. The van der Waals surface area contributed by atoms with Gasteiger partial charge in [0.25, 0.3) is 0 Å². The number of amides is 2. The van der Waals surface area contributed by atoms with E-state index in [1.54, 1.807) is 0 Å². The summed E-state index contributed by atoms with van der Waals surface area (Å²) in [6.07, 6.45) is 1.85. The van der Waals surface area contributed by atoms with E-state index in [0.29, 0.717) is 13.1 Å². The minimum atomic E-state index is -0.0535. The summed E-state index contributed by atoms with van der Waals surface area (Å²) in [6, 6.07) is 4.30. The molecule has 0 saturated carbocycles. The molecule has 16 heavy (non-hydrogen) atoms. The summed E-state index contributed by atoms with van der Waals surface area (Å²) in [6.45, 7) is 5.73. The fourth-order valence-electron chi connectivity index (χ4n) is 2.19. The fourth-order valence-corrected chi connectivity index (χ4v) is 2.19. The van der Waals surface area contributed by atoms with Crippen LogP contribution in [0.2, 0.25) is 0 Å². The van der Waals surface area contributed by atoms with Gasteiger partial charge in [-0.1, -0.05) is 12.1 Å². The average Bonchev–Trinajstić information content (AvgIpc) is 2.34. The maximum absolute atomic E-state index is 11.3. The topological polar surface area (TPSA) is 41.1 Å². The Labute approximate surface area is 96.2 Å². The molecule has 0 bridgehead atoms. The minimum absolute atomic E-state index is 0.0535. The Balaban J connectivity index is 2.32. The molecule has 1 aliphatic rings. The second-order valence-electron chi connectivity index (χ2n) is 4.33. The number of benzene rings is 1. The molecule has 0 unspecified atom stereocenters. The summed E-state index contributed by atoms with van der Waals surface area (Å²) in [5.41, 5.74) is 5.47. The summed E-state index contributed by atoms with van der Waals surface area (Å²) < 4.78 is 0. The molecule has 3 nitrogen and oxygen atoms in total. The Morgan fingerprint density at radius 3 is 2.50 bits per heavy atom. The van der Waals surface area contributed by atoms with E-state index in [0.717, 1.165) is 12.8 Å². The van der Waals surface area contributed by atoms with Crippen molar-refractivity contribution in [2.45, 2.75) is 26.7 Å². The van der Waals surface area contributed by atoms with E-state index in [4.69, 9.17) is 0 Å². The van der Waals surface area contributed by atoms with Crippen molar-refractivity contribution in [2.75, 3.05) is 13.1 Å². The number of carbonyl (C=O) groups excluding carboxylic acids is 1. The first kappa shape index (κ1) is 11.0. The smallest absolute Gasteiger partial charge is 0.314 e. The number of urea groups is 1. The molecule has 0 radical (unpaired) electrons. The molecule has 1 aromatic rings. The van der Waals surface area contributed by atoms with E-state index < -0.39 is 0 Å². The molecule has 0 aliphatic carbocycles. The lowest BCUT2D eigenvalue weighted by Gasteiger charge is -2.13. The molecule has 0 fully saturated rings. The van der Waals surface area contributed by atoms with Crippen molar-refractivity contribution in [1.82, 2.24) is 10.6 Å². The van der Waals surface area contributed by atoms with Crippen LogP contribution in [-0.2, 0) is 12.8 Å². The zero-order valence-electron chi connectivity index (χ0n) is 9.89. The predicted molar refractivity (Wildman–Crippen MR) is 64.7 cm³/mol. The lowest BCUT2D eigenvalue weighted by Crippen LogP contribution is -2.36. The zero-order valence-corrected chi connectivity index (χ0v) is 9.89. The van der Waals surface area contributed by atoms with Gasteiger partial charge in [-0.3, -0.25) is 0 Å². The summed E-state index contributed by atoms with van der Waals surface area (Å²) in [5.74, 6) is 0. The summed E-state index contributed by atoms with van der Waals surface area (Å²) in [4.78, 5) is 11.3. The number of nitrogens with one attached hydrogen (secondary N) is 2. The molecule has 0 aromatic heterocycles. The van der Waals surface area contributed by atoms with Crippen LogP contribution in [-0.4, -0.2) is 19.1 Å². The number of hydrogen-bond acceptors (Lipinski definition) is 1. The normalized spacial score (nSPS) is 16.2. The van der Waals surface area contributed by atoms with Crippen molar-refractivity contribution in [2.24, 2.45) is 0 Å². The highest BCUT2D eigenvalue weighted by atomic mass is 16.2. The van der Waals surface area contributed by atoms with E-state index in [1.165, 1.54) is 22.3 Å². The molecule has 2 amide bonds. The highest BCUT2D eigenvalue weighted by Crippen LogP contribution is 2.19. The molecule has 0 saturated heterocycles. The third-order valence-electron chi connectivity index (χ3n) is 3.31. The summed E-state index contributed by atoms with van der Waals surface area (Å²) in [7, 11) is 0. The number of hydrogen-bond donors (Lipinski definition) is 2. The molecular weight excluding hydrogens is 200 g/mol.